The van der Waals surface area contributed by atoms with E-state index in [1.807, 2.05) is 6.92 Å². The average molecular weight is 375 g/mol. The lowest BCUT2D eigenvalue weighted by Crippen LogP contribution is -2.12. The van der Waals surface area contributed by atoms with Crippen LogP contribution in [-0.2, 0) is 4.74 Å². The molecule has 27 heavy (non-hydrogen) atoms. The largest absolute Gasteiger partial charge is 0.494 e. The van der Waals surface area contributed by atoms with Crippen LogP contribution < -0.4 is 14.2 Å². The van der Waals surface area contributed by atoms with Crippen LogP contribution in [0.3, 0.4) is 0 Å². The smallest absolute Gasteiger partial charge is 0.338 e. The summed E-state index contributed by atoms with van der Waals surface area (Å²) < 4.78 is 21.1. The second-order valence-electron chi connectivity index (χ2n) is 5.26. The fourth-order valence-corrected chi connectivity index (χ4v) is 2.24. The molecule has 0 spiro atoms. The summed E-state index contributed by atoms with van der Waals surface area (Å²) in [5, 5.41) is 11.1. The van der Waals surface area contributed by atoms with Gasteiger partial charge in [0.25, 0.3) is 0 Å². The summed E-state index contributed by atoms with van der Waals surface area (Å²) in [5.41, 5.74) is -0.205. The van der Waals surface area contributed by atoms with E-state index in [0.29, 0.717) is 12.4 Å². The number of hydrogen-bond acceptors (Lipinski definition) is 7. The van der Waals surface area contributed by atoms with Gasteiger partial charge in [0.15, 0.2) is 5.75 Å². The van der Waals surface area contributed by atoms with Crippen molar-refractivity contribution >= 4 is 11.7 Å². The van der Waals surface area contributed by atoms with Crippen LogP contribution >= 0.6 is 0 Å². The molecule has 2 aromatic carbocycles. The van der Waals surface area contributed by atoms with Gasteiger partial charge in [-0.05, 0) is 50.2 Å². The second kappa shape index (κ2) is 10.0. The van der Waals surface area contributed by atoms with E-state index in [1.54, 1.807) is 31.2 Å². The summed E-state index contributed by atoms with van der Waals surface area (Å²) >= 11 is 0. The third-order valence-electron chi connectivity index (χ3n) is 3.41. The molecule has 144 valence electrons. The maximum atomic E-state index is 12.1. The van der Waals surface area contributed by atoms with Crippen LogP contribution in [-0.4, -0.2) is 37.3 Å². The van der Waals surface area contributed by atoms with E-state index in [1.165, 1.54) is 12.1 Å². The minimum Gasteiger partial charge on any atom is -0.494 e. The van der Waals surface area contributed by atoms with Gasteiger partial charge in [-0.3, -0.25) is 10.1 Å². The number of nitro groups is 1. The summed E-state index contributed by atoms with van der Waals surface area (Å²) in [6.45, 7) is 4.65. The molecule has 8 nitrogen and oxygen atoms in total. The molecular weight excluding hydrogens is 354 g/mol. The first-order valence-corrected chi connectivity index (χ1v) is 8.49. The van der Waals surface area contributed by atoms with Crippen molar-refractivity contribution in [1.29, 1.82) is 0 Å². The highest BCUT2D eigenvalue weighted by Crippen LogP contribution is 2.28. The quantitative estimate of drug-likeness (QED) is 0.271. The molecule has 0 heterocycles. The van der Waals surface area contributed by atoms with E-state index in [-0.39, 0.29) is 36.8 Å². The van der Waals surface area contributed by atoms with Gasteiger partial charge in [-0.2, -0.15) is 0 Å². The first-order valence-electron chi connectivity index (χ1n) is 8.49. The van der Waals surface area contributed by atoms with Crippen molar-refractivity contribution < 1.29 is 28.7 Å². The zero-order valence-corrected chi connectivity index (χ0v) is 15.2. The Kier molecular flexibility index (Phi) is 7.42. The summed E-state index contributed by atoms with van der Waals surface area (Å²) in [4.78, 5) is 22.6. The van der Waals surface area contributed by atoms with Crippen LogP contribution in [0.1, 0.15) is 24.2 Å². The molecule has 0 unspecified atom stereocenters. The first-order chi connectivity index (χ1) is 13.0. The van der Waals surface area contributed by atoms with Gasteiger partial charge in [0.05, 0.1) is 23.7 Å². The Balaban J connectivity index is 1.86. The number of ether oxygens (including phenoxy) is 4. The molecular formula is C19H21NO7. The number of nitrogens with zero attached hydrogens (tertiary/aromatic N) is 1. The van der Waals surface area contributed by atoms with Crippen molar-refractivity contribution in [2.45, 2.75) is 13.8 Å². The van der Waals surface area contributed by atoms with Crippen LogP contribution in [0.4, 0.5) is 5.69 Å². The average Bonchev–Trinajstić information content (AvgIpc) is 2.67. The Morgan fingerprint density at radius 2 is 1.56 bits per heavy atom. The zero-order valence-electron chi connectivity index (χ0n) is 15.2. The highest BCUT2D eigenvalue weighted by Gasteiger charge is 2.19. The van der Waals surface area contributed by atoms with Crippen LogP contribution in [0.25, 0.3) is 0 Å². The summed E-state index contributed by atoms with van der Waals surface area (Å²) in [6, 6.07) is 11.0. The maximum Gasteiger partial charge on any atom is 0.338 e. The fraction of sp³-hybridized carbons (Fsp3) is 0.316. The third-order valence-corrected chi connectivity index (χ3v) is 3.41. The second-order valence-corrected chi connectivity index (χ2v) is 5.26. The molecule has 0 radical (unpaired) electrons. The van der Waals surface area contributed by atoms with Crippen molar-refractivity contribution in [2.75, 3.05) is 26.4 Å². The Hall–Kier alpha value is -3.29. The van der Waals surface area contributed by atoms with Gasteiger partial charge in [0, 0.05) is 6.07 Å². The van der Waals surface area contributed by atoms with Crippen molar-refractivity contribution in [1.82, 2.24) is 0 Å². The highest BCUT2D eigenvalue weighted by molar-refractivity contribution is 5.90. The molecule has 2 aromatic rings. The Bertz CT molecular complexity index is 774. The van der Waals surface area contributed by atoms with Gasteiger partial charge in [0.2, 0.25) is 0 Å². The standard InChI is InChI=1S/C19H21NO7/c1-3-24-15-6-8-16(9-7-15)26-11-12-27-19(21)14-5-10-18(25-4-2)17(13-14)20(22)23/h5-10,13H,3-4,11-12H2,1-2H3. The summed E-state index contributed by atoms with van der Waals surface area (Å²) in [5.74, 6) is 0.800. The van der Waals surface area contributed by atoms with Gasteiger partial charge >= 0.3 is 11.7 Å². The van der Waals surface area contributed by atoms with Crippen LogP contribution in [0.2, 0.25) is 0 Å². The van der Waals surface area contributed by atoms with Gasteiger partial charge in [-0.1, -0.05) is 0 Å². The van der Waals surface area contributed by atoms with E-state index in [9.17, 15) is 14.9 Å². The zero-order chi connectivity index (χ0) is 19.6. The first kappa shape index (κ1) is 20.0. The molecule has 0 N–H and O–H groups in total. The minimum absolute atomic E-state index is 0.00700. The van der Waals surface area contributed by atoms with Gasteiger partial charge in [-0.25, -0.2) is 4.79 Å². The molecule has 0 fully saturated rings. The topological polar surface area (TPSA) is 97.1 Å². The SMILES string of the molecule is CCOc1ccc(OCCOC(=O)c2ccc(OCC)c([N+](=O)[O-])c2)cc1. The lowest BCUT2D eigenvalue weighted by molar-refractivity contribution is -0.385. The molecule has 0 saturated heterocycles. The van der Waals surface area contributed by atoms with Crippen LogP contribution in [0.5, 0.6) is 17.2 Å². The summed E-state index contributed by atoms with van der Waals surface area (Å²) in [6.07, 6.45) is 0. The molecule has 0 bridgehead atoms. The number of carbonyl (C=O) groups is 1. The van der Waals surface area contributed by atoms with Crippen molar-refractivity contribution in [3.05, 3.63) is 58.1 Å². The third kappa shape index (κ3) is 5.88. The molecule has 0 aliphatic carbocycles. The van der Waals surface area contributed by atoms with Crippen molar-refractivity contribution in [2.24, 2.45) is 0 Å². The molecule has 0 saturated carbocycles. The summed E-state index contributed by atoms with van der Waals surface area (Å²) in [7, 11) is 0. The molecule has 0 atom stereocenters. The Morgan fingerprint density at radius 3 is 2.15 bits per heavy atom. The number of nitro benzene ring substituents is 1. The number of benzene rings is 2. The van der Waals surface area contributed by atoms with E-state index >= 15 is 0 Å². The van der Waals surface area contributed by atoms with E-state index in [4.69, 9.17) is 18.9 Å². The molecule has 0 amide bonds. The number of esters is 1. The monoisotopic (exact) mass is 375 g/mol. The van der Waals surface area contributed by atoms with Crippen LogP contribution in [0, 0.1) is 10.1 Å². The van der Waals surface area contributed by atoms with Gasteiger partial charge < -0.3 is 18.9 Å². The van der Waals surface area contributed by atoms with Gasteiger partial charge in [0.1, 0.15) is 24.7 Å². The molecule has 0 aliphatic heterocycles. The molecule has 0 aliphatic rings. The van der Waals surface area contributed by atoms with E-state index in [2.05, 4.69) is 0 Å². The molecule has 2 rings (SSSR count). The predicted molar refractivity (Wildman–Crippen MR) is 97.7 cm³/mol. The van der Waals surface area contributed by atoms with Crippen LogP contribution in [0.15, 0.2) is 42.5 Å². The van der Waals surface area contributed by atoms with E-state index in [0.717, 1.165) is 11.8 Å². The highest BCUT2D eigenvalue weighted by atomic mass is 16.6. The lowest BCUT2D eigenvalue weighted by atomic mass is 10.2. The predicted octanol–water partition coefficient (Wildman–Crippen LogP) is 3.63. The Morgan fingerprint density at radius 1 is 0.926 bits per heavy atom. The lowest BCUT2D eigenvalue weighted by Gasteiger charge is -2.09. The molecule has 0 aromatic heterocycles. The number of hydrogen-bond donors (Lipinski definition) is 0. The maximum absolute atomic E-state index is 12.1. The Labute approximate surface area is 156 Å². The molecule has 8 heteroatoms. The normalized spacial score (nSPS) is 10.1. The number of carbonyl (C=O) groups excluding carboxylic acids is 1. The minimum atomic E-state index is -0.670. The van der Waals surface area contributed by atoms with E-state index < -0.39 is 10.9 Å². The van der Waals surface area contributed by atoms with Crippen molar-refractivity contribution in [3.63, 3.8) is 0 Å². The van der Waals surface area contributed by atoms with Gasteiger partial charge in [-0.15, -0.1) is 0 Å². The van der Waals surface area contributed by atoms with Crippen molar-refractivity contribution in [3.8, 4) is 17.2 Å². The fourth-order valence-electron chi connectivity index (χ4n) is 2.24. The number of rotatable bonds is 10.